The number of benzene rings is 1. The first-order valence-corrected chi connectivity index (χ1v) is 7.51. The Morgan fingerprint density at radius 1 is 1.28 bits per heavy atom. The number of rotatable bonds is 4. The van der Waals surface area contributed by atoms with Crippen molar-refractivity contribution in [3.05, 3.63) is 23.8 Å². The van der Waals surface area contributed by atoms with Crippen LogP contribution >= 0.6 is 0 Å². The van der Waals surface area contributed by atoms with Crippen LogP contribution in [0.4, 0.5) is 0 Å². The van der Waals surface area contributed by atoms with Crippen LogP contribution in [0.5, 0.6) is 5.75 Å². The molecule has 0 aromatic heterocycles. The summed E-state index contributed by atoms with van der Waals surface area (Å²) in [7, 11) is -3.68. The number of primary sulfonamides is 1. The number of hydrogen-bond donors (Lipinski definition) is 1. The highest BCUT2D eigenvalue weighted by molar-refractivity contribution is 7.89. The van der Waals surface area contributed by atoms with E-state index in [9.17, 15) is 8.42 Å². The first-order valence-electron chi connectivity index (χ1n) is 5.96. The highest BCUT2D eigenvalue weighted by Gasteiger charge is 2.21. The van der Waals surface area contributed by atoms with Crippen LogP contribution in [-0.4, -0.2) is 15.0 Å². The fourth-order valence-corrected chi connectivity index (χ4v) is 2.15. The highest BCUT2D eigenvalue weighted by Crippen LogP contribution is 2.33. The molecule has 0 amide bonds. The van der Waals surface area contributed by atoms with E-state index in [1.165, 1.54) is 6.07 Å². The van der Waals surface area contributed by atoms with Crippen molar-refractivity contribution >= 4 is 10.0 Å². The van der Waals surface area contributed by atoms with Crippen LogP contribution in [0.3, 0.4) is 0 Å². The van der Waals surface area contributed by atoms with Crippen molar-refractivity contribution in [3.8, 4) is 5.75 Å². The van der Waals surface area contributed by atoms with Gasteiger partial charge in [-0.3, -0.25) is 0 Å². The molecular weight excluding hydrogens is 250 g/mol. The van der Waals surface area contributed by atoms with E-state index in [1.807, 2.05) is 27.7 Å². The fourth-order valence-electron chi connectivity index (χ4n) is 1.61. The summed E-state index contributed by atoms with van der Waals surface area (Å²) in [4.78, 5) is 0.122. The van der Waals surface area contributed by atoms with Crippen LogP contribution in [-0.2, 0) is 15.4 Å². The molecule has 0 bridgehead atoms. The van der Waals surface area contributed by atoms with E-state index in [4.69, 9.17) is 9.88 Å². The Kier molecular flexibility index (Phi) is 4.40. The van der Waals surface area contributed by atoms with Crippen molar-refractivity contribution in [1.82, 2.24) is 0 Å². The van der Waals surface area contributed by atoms with E-state index in [0.29, 0.717) is 6.61 Å². The molecule has 0 aliphatic rings. The van der Waals surface area contributed by atoms with Gasteiger partial charge in [-0.25, -0.2) is 13.6 Å². The Morgan fingerprint density at radius 3 is 2.33 bits per heavy atom. The lowest BCUT2D eigenvalue weighted by atomic mass is 9.86. The van der Waals surface area contributed by atoms with Gasteiger partial charge in [0.05, 0.1) is 11.5 Å². The van der Waals surface area contributed by atoms with Gasteiger partial charge in [-0.15, -0.1) is 0 Å². The summed E-state index contributed by atoms with van der Waals surface area (Å²) >= 11 is 0. The average Bonchev–Trinajstić information content (AvgIpc) is 2.23. The van der Waals surface area contributed by atoms with Crippen molar-refractivity contribution in [2.24, 2.45) is 5.14 Å². The van der Waals surface area contributed by atoms with Gasteiger partial charge in [0.2, 0.25) is 10.0 Å². The number of nitrogens with two attached hydrogens (primary N) is 1. The minimum atomic E-state index is -3.68. The number of hydrogen-bond acceptors (Lipinski definition) is 3. The van der Waals surface area contributed by atoms with Crippen molar-refractivity contribution in [3.63, 3.8) is 0 Å². The Balaban J connectivity index is 3.30. The van der Waals surface area contributed by atoms with Gasteiger partial charge in [0.25, 0.3) is 0 Å². The summed E-state index contributed by atoms with van der Waals surface area (Å²) in [5.41, 5.74) is 0.645. The third-order valence-electron chi connectivity index (χ3n) is 2.55. The molecule has 0 heterocycles. The molecule has 0 fully saturated rings. The average molecular weight is 271 g/mol. The topological polar surface area (TPSA) is 69.4 Å². The van der Waals surface area contributed by atoms with Crippen LogP contribution in [0.2, 0.25) is 0 Å². The van der Waals surface area contributed by atoms with Gasteiger partial charge in [-0.2, -0.15) is 0 Å². The van der Waals surface area contributed by atoms with Gasteiger partial charge in [0.1, 0.15) is 5.75 Å². The van der Waals surface area contributed by atoms with Gasteiger partial charge in [0.15, 0.2) is 0 Å². The predicted octanol–water partition coefficient (Wildman–Crippen LogP) is 2.42. The molecular formula is C13H21NO3S. The third-order valence-corrected chi connectivity index (χ3v) is 3.46. The summed E-state index contributed by atoms with van der Waals surface area (Å²) in [5, 5.41) is 5.15. The predicted molar refractivity (Wildman–Crippen MR) is 72.3 cm³/mol. The van der Waals surface area contributed by atoms with Crippen molar-refractivity contribution in [2.75, 3.05) is 6.61 Å². The zero-order valence-corrected chi connectivity index (χ0v) is 12.2. The Labute approximate surface area is 109 Å². The maximum Gasteiger partial charge on any atom is 0.238 e. The summed E-state index contributed by atoms with van der Waals surface area (Å²) in [6, 6.07) is 4.76. The second-order valence-electron chi connectivity index (χ2n) is 5.30. The fraction of sp³-hybridized carbons (Fsp3) is 0.538. The number of sulfonamides is 1. The molecule has 1 rings (SSSR count). The summed E-state index contributed by atoms with van der Waals surface area (Å²) in [6.07, 6.45) is 0.903. The minimum absolute atomic E-state index is 0.122. The van der Waals surface area contributed by atoms with Gasteiger partial charge in [-0.1, -0.05) is 27.7 Å². The first-order chi connectivity index (χ1) is 8.16. The van der Waals surface area contributed by atoms with Crippen LogP contribution in [0.25, 0.3) is 0 Å². The van der Waals surface area contributed by atoms with Crippen LogP contribution in [0.15, 0.2) is 23.1 Å². The first kappa shape index (κ1) is 15.0. The van der Waals surface area contributed by atoms with E-state index in [1.54, 1.807) is 12.1 Å². The number of ether oxygens (including phenoxy) is 1. The quantitative estimate of drug-likeness (QED) is 0.914. The lowest BCUT2D eigenvalue weighted by molar-refractivity contribution is 0.308. The molecule has 0 aliphatic carbocycles. The molecule has 0 saturated heterocycles. The minimum Gasteiger partial charge on any atom is -0.493 e. The molecule has 1 aromatic carbocycles. The van der Waals surface area contributed by atoms with E-state index < -0.39 is 10.0 Å². The lowest BCUT2D eigenvalue weighted by Crippen LogP contribution is -2.17. The van der Waals surface area contributed by atoms with Gasteiger partial charge in [-0.05, 0) is 30.0 Å². The Morgan fingerprint density at radius 2 is 1.89 bits per heavy atom. The standard InChI is InChI=1S/C13H21NO3S/c1-5-8-17-12-7-6-10(18(14,15)16)9-11(12)13(2,3)4/h6-7,9H,5,8H2,1-4H3,(H2,14,15,16). The smallest absolute Gasteiger partial charge is 0.238 e. The Bertz CT molecular complexity index is 516. The van der Waals surface area contributed by atoms with Gasteiger partial charge < -0.3 is 4.74 Å². The maximum absolute atomic E-state index is 11.4. The molecule has 0 atom stereocenters. The second-order valence-corrected chi connectivity index (χ2v) is 6.86. The molecule has 18 heavy (non-hydrogen) atoms. The van der Waals surface area contributed by atoms with E-state index in [2.05, 4.69) is 0 Å². The monoisotopic (exact) mass is 271 g/mol. The third kappa shape index (κ3) is 3.71. The molecule has 0 spiro atoms. The van der Waals surface area contributed by atoms with Crippen molar-refractivity contribution < 1.29 is 13.2 Å². The van der Waals surface area contributed by atoms with Gasteiger partial charge in [0, 0.05) is 5.56 Å². The molecule has 0 aliphatic heterocycles. The van der Waals surface area contributed by atoms with E-state index in [0.717, 1.165) is 17.7 Å². The molecule has 1 aromatic rings. The summed E-state index contributed by atoms with van der Waals surface area (Å²) < 4.78 is 28.4. The largest absolute Gasteiger partial charge is 0.493 e. The second kappa shape index (κ2) is 5.28. The zero-order valence-electron chi connectivity index (χ0n) is 11.4. The molecule has 0 saturated carbocycles. The molecule has 102 valence electrons. The molecule has 4 nitrogen and oxygen atoms in total. The summed E-state index contributed by atoms with van der Waals surface area (Å²) in [6.45, 7) is 8.66. The Hall–Kier alpha value is -1.07. The maximum atomic E-state index is 11.4. The van der Waals surface area contributed by atoms with Crippen molar-refractivity contribution in [2.45, 2.75) is 44.4 Å². The zero-order chi connectivity index (χ0) is 14.0. The van der Waals surface area contributed by atoms with Gasteiger partial charge >= 0.3 is 0 Å². The SMILES string of the molecule is CCCOc1ccc(S(N)(=O)=O)cc1C(C)(C)C. The highest BCUT2D eigenvalue weighted by atomic mass is 32.2. The van der Waals surface area contributed by atoms with Crippen LogP contribution in [0, 0.1) is 0 Å². The van der Waals surface area contributed by atoms with Crippen molar-refractivity contribution in [1.29, 1.82) is 0 Å². The molecule has 0 unspecified atom stereocenters. The normalized spacial score (nSPS) is 12.5. The molecule has 2 N–H and O–H groups in total. The summed E-state index contributed by atoms with van der Waals surface area (Å²) in [5.74, 6) is 0.719. The van der Waals surface area contributed by atoms with E-state index >= 15 is 0 Å². The van der Waals surface area contributed by atoms with Crippen LogP contribution < -0.4 is 9.88 Å². The lowest BCUT2D eigenvalue weighted by Gasteiger charge is -2.23. The van der Waals surface area contributed by atoms with E-state index in [-0.39, 0.29) is 10.3 Å². The molecule has 5 heteroatoms. The van der Waals surface area contributed by atoms with Crippen LogP contribution in [0.1, 0.15) is 39.7 Å². The molecule has 0 radical (unpaired) electrons.